The molecule has 20 heavy (non-hydrogen) atoms. The number of halogens is 2. The predicted molar refractivity (Wildman–Crippen MR) is 95.2 cm³/mol. The standard InChI is InChI=1S/C17H28BrClN/c1-4-7-10-14-20(12-8-5-2,13-9-6-3)15-11-17(19)16-18/h4,11H,1,5-6,8-9,12-16H2,2-3H3/q+1/b17-11-. The molecule has 0 rings (SSSR count). The lowest BCUT2D eigenvalue weighted by atomic mass is 10.2. The molecule has 0 radical (unpaired) electrons. The van der Waals surface area contributed by atoms with Crippen molar-refractivity contribution in [1.82, 2.24) is 0 Å². The van der Waals surface area contributed by atoms with E-state index in [0.29, 0.717) is 0 Å². The highest BCUT2D eigenvalue weighted by molar-refractivity contribution is 9.09. The molecule has 0 heterocycles. The molecule has 0 bridgehead atoms. The number of alkyl halides is 1. The van der Waals surface area contributed by atoms with Gasteiger partial charge in [-0.3, -0.25) is 0 Å². The van der Waals surface area contributed by atoms with E-state index < -0.39 is 0 Å². The van der Waals surface area contributed by atoms with Gasteiger partial charge in [-0.15, -0.1) is 0 Å². The van der Waals surface area contributed by atoms with Crippen LogP contribution >= 0.6 is 27.5 Å². The van der Waals surface area contributed by atoms with Crippen molar-refractivity contribution in [3.8, 4) is 11.8 Å². The maximum absolute atomic E-state index is 6.15. The minimum absolute atomic E-state index is 0.731. The quantitative estimate of drug-likeness (QED) is 0.288. The van der Waals surface area contributed by atoms with Gasteiger partial charge in [0.2, 0.25) is 0 Å². The molecule has 0 saturated heterocycles. The summed E-state index contributed by atoms with van der Waals surface area (Å²) in [4.78, 5) is 0. The normalized spacial score (nSPS) is 11.9. The summed E-state index contributed by atoms with van der Waals surface area (Å²) >= 11 is 9.56. The molecule has 0 aliphatic carbocycles. The molecule has 0 N–H and O–H groups in total. The fourth-order valence-corrected chi connectivity index (χ4v) is 2.43. The van der Waals surface area contributed by atoms with E-state index in [1.54, 1.807) is 6.08 Å². The number of rotatable bonds is 10. The summed E-state index contributed by atoms with van der Waals surface area (Å²) in [5, 5.41) is 1.62. The Morgan fingerprint density at radius 3 is 2.30 bits per heavy atom. The van der Waals surface area contributed by atoms with Crippen molar-refractivity contribution in [2.45, 2.75) is 39.5 Å². The highest BCUT2D eigenvalue weighted by Crippen LogP contribution is 2.15. The van der Waals surface area contributed by atoms with Crippen molar-refractivity contribution in [3.05, 3.63) is 23.8 Å². The largest absolute Gasteiger partial charge is 0.310 e. The van der Waals surface area contributed by atoms with E-state index in [1.165, 1.54) is 38.8 Å². The zero-order valence-corrected chi connectivity index (χ0v) is 15.3. The highest BCUT2D eigenvalue weighted by atomic mass is 79.9. The number of hydrogen-bond donors (Lipinski definition) is 0. The third kappa shape index (κ3) is 8.84. The Hall–Kier alpha value is -0.230. The van der Waals surface area contributed by atoms with Crippen LogP contribution in [0.25, 0.3) is 0 Å². The molecule has 0 fully saturated rings. The maximum Gasteiger partial charge on any atom is 0.141 e. The lowest BCUT2D eigenvalue weighted by Crippen LogP contribution is -2.50. The zero-order chi connectivity index (χ0) is 15.3. The summed E-state index contributed by atoms with van der Waals surface area (Å²) in [5.74, 6) is 6.25. The van der Waals surface area contributed by atoms with Gasteiger partial charge in [-0.1, -0.05) is 66.7 Å². The van der Waals surface area contributed by atoms with Crippen molar-refractivity contribution in [3.63, 3.8) is 0 Å². The molecule has 0 aliphatic rings. The Morgan fingerprint density at radius 2 is 1.85 bits per heavy atom. The summed E-state index contributed by atoms with van der Waals surface area (Å²) in [6.07, 6.45) is 8.74. The first-order valence-electron chi connectivity index (χ1n) is 7.49. The molecule has 114 valence electrons. The molecule has 0 unspecified atom stereocenters. The summed E-state index contributed by atoms with van der Waals surface area (Å²) in [6.45, 7) is 12.4. The number of allylic oxidation sites excluding steroid dienone is 2. The van der Waals surface area contributed by atoms with Crippen LogP contribution in [0.4, 0.5) is 0 Å². The first-order chi connectivity index (χ1) is 9.64. The van der Waals surface area contributed by atoms with E-state index in [-0.39, 0.29) is 0 Å². The monoisotopic (exact) mass is 360 g/mol. The Balaban J connectivity index is 5.00. The van der Waals surface area contributed by atoms with Crippen LogP contribution in [0.15, 0.2) is 23.8 Å². The van der Waals surface area contributed by atoms with Gasteiger partial charge in [0.15, 0.2) is 0 Å². The number of unbranched alkanes of at least 4 members (excludes halogenated alkanes) is 2. The molecule has 0 aromatic rings. The summed E-state index contributed by atoms with van der Waals surface area (Å²) in [5.41, 5.74) is 0. The maximum atomic E-state index is 6.15. The van der Waals surface area contributed by atoms with E-state index in [2.05, 4.69) is 54.3 Å². The summed E-state index contributed by atoms with van der Waals surface area (Å²) in [6, 6.07) is 0. The number of quaternary nitrogens is 1. The molecule has 3 heteroatoms. The van der Waals surface area contributed by atoms with E-state index in [9.17, 15) is 0 Å². The second-order valence-corrected chi connectivity index (χ2v) is 6.19. The van der Waals surface area contributed by atoms with Gasteiger partial charge < -0.3 is 4.48 Å². The molecule has 0 aromatic heterocycles. The Labute approximate surface area is 138 Å². The second-order valence-electron chi connectivity index (χ2n) is 5.15. The van der Waals surface area contributed by atoms with Crippen LogP contribution < -0.4 is 0 Å². The van der Waals surface area contributed by atoms with Crippen LogP contribution in [-0.4, -0.2) is 36.0 Å². The minimum Gasteiger partial charge on any atom is -0.310 e. The van der Waals surface area contributed by atoms with Gasteiger partial charge in [-0.2, -0.15) is 0 Å². The Morgan fingerprint density at radius 1 is 1.25 bits per heavy atom. The summed E-state index contributed by atoms with van der Waals surface area (Å²) in [7, 11) is 0. The van der Waals surface area contributed by atoms with Gasteiger partial charge in [0.25, 0.3) is 0 Å². The van der Waals surface area contributed by atoms with Crippen LogP contribution in [0.2, 0.25) is 0 Å². The van der Waals surface area contributed by atoms with Crippen LogP contribution in [0, 0.1) is 11.8 Å². The van der Waals surface area contributed by atoms with Gasteiger partial charge in [0, 0.05) is 10.4 Å². The fourth-order valence-electron chi connectivity index (χ4n) is 2.14. The van der Waals surface area contributed by atoms with E-state index in [4.69, 9.17) is 11.6 Å². The van der Waals surface area contributed by atoms with Crippen LogP contribution in [-0.2, 0) is 0 Å². The highest BCUT2D eigenvalue weighted by Gasteiger charge is 2.24. The fraction of sp³-hybridized carbons (Fsp3) is 0.647. The predicted octanol–water partition coefficient (Wildman–Crippen LogP) is 5.11. The van der Waals surface area contributed by atoms with Gasteiger partial charge >= 0.3 is 0 Å². The van der Waals surface area contributed by atoms with Gasteiger partial charge in [0.1, 0.15) is 6.54 Å². The smallest absolute Gasteiger partial charge is 0.141 e. The molecule has 0 aromatic carbocycles. The van der Waals surface area contributed by atoms with E-state index in [1.807, 2.05) is 0 Å². The molecule has 0 aliphatic heterocycles. The second kappa shape index (κ2) is 12.5. The SMILES string of the molecule is C=CC#CC[N+](C/C=C(\Cl)CBr)(CCCC)CCCC. The lowest BCUT2D eigenvalue weighted by molar-refractivity contribution is -0.916. The van der Waals surface area contributed by atoms with Crippen LogP contribution in [0.1, 0.15) is 39.5 Å². The van der Waals surface area contributed by atoms with Crippen molar-refractivity contribution in [2.75, 3.05) is 31.5 Å². The first kappa shape index (κ1) is 19.8. The zero-order valence-electron chi connectivity index (χ0n) is 12.9. The lowest BCUT2D eigenvalue weighted by Gasteiger charge is -2.36. The van der Waals surface area contributed by atoms with Gasteiger partial charge in [-0.05, 0) is 30.9 Å². The minimum atomic E-state index is 0.731. The van der Waals surface area contributed by atoms with E-state index >= 15 is 0 Å². The van der Waals surface area contributed by atoms with Crippen molar-refractivity contribution >= 4 is 27.5 Å². The van der Waals surface area contributed by atoms with Crippen molar-refractivity contribution < 1.29 is 4.48 Å². The topological polar surface area (TPSA) is 0 Å². The van der Waals surface area contributed by atoms with Crippen molar-refractivity contribution in [2.24, 2.45) is 0 Å². The van der Waals surface area contributed by atoms with Gasteiger partial charge in [0.05, 0.1) is 19.6 Å². The molecule has 0 atom stereocenters. The molecule has 0 saturated carbocycles. The average Bonchev–Trinajstić information content (AvgIpc) is 2.48. The van der Waals surface area contributed by atoms with Crippen LogP contribution in [0.5, 0.6) is 0 Å². The van der Waals surface area contributed by atoms with Crippen LogP contribution in [0.3, 0.4) is 0 Å². The third-order valence-electron chi connectivity index (χ3n) is 3.42. The molecule has 0 amide bonds. The van der Waals surface area contributed by atoms with E-state index in [0.717, 1.165) is 27.9 Å². The molecule has 0 spiro atoms. The number of nitrogens with zero attached hydrogens (tertiary/aromatic N) is 1. The third-order valence-corrected chi connectivity index (χ3v) is 4.63. The molecule has 1 nitrogen and oxygen atoms in total. The Bertz CT molecular complexity index is 344. The molecular formula is C17H28BrClN+. The van der Waals surface area contributed by atoms with Gasteiger partial charge in [-0.25, -0.2) is 0 Å². The molecular weight excluding hydrogens is 334 g/mol. The number of hydrogen-bond acceptors (Lipinski definition) is 0. The van der Waals surface area contributed by atoms with Crippen molar-refractivity contribution in [1.29, 1.82) is 0 Å². The Kier molecular flexibility index (Phi) is 12.4. The first-order valence-corrected chi connectivity index (χ1v) is 8.99. The summed E-state index contributed by atoms with van der Waals surface area (Å²) < 4.78 is 1.02. The average molecular weight is 362 g/mol.